The summed E-state index contributed by atoms with van der Waals surface area (Å²) in [5.74, 6) is -3.16. The van der Waals surface area contributed by atoms with Crippen molar-refractivity contribution in [2.75, 3.05) is 16.8 Å². The lowest BCUT2D eigenvalue weighted by molar-refractivity contribution is -0.123. The molecule has 0 radical (unpaired) electrons. The van der Waals surface area contributed by atoms with Gasteiger partial charge < -0.3 is 10.1 Å². The Bertz CT molecular complexity index is 1220. The van der Waals surface area contributed by atoms with Crippen LogP contribution in [0.1, 0.15) is 22.3 Å². The first kappa shape index (κ1) is 24.1. The number of imide groups is 1. The number of fused-ring (bicyclic) bond motifs is 5. The summed E-state index contributed by atoms with van der Waals surface area (Å²) in [5.41, 5.74) is 1.60. The molecule has 1 saturated heterocycles. The molecule has 1 heterocycles. The van der Waals surface area contributed by atoms with Crippen LogP contribution in [0.25, 0.3) is 0 Å². The fourth-order valence-electron chi connectivity index (χ4n) is 5.52. The SMILES string of the molecule is Cc1c(Cl)cccc1NC(=O)COC(=O)c1cccc(N2C(=O)[C@@H]3[C@H]4C[C@@H]([C@H](Cl)[C@H]4Cl)[C@H]3C2=O)c1. The van der Waals surface area contributed by atoms with E-state index in [0.29, 0.717) is 22.7 Å². The van der Waals surface area contributed by atoms with Crippen molar-refractivity contribution in [2.24, 2.45) is 23.7 Å². The summed E-state index contributed by atoms with van der Waals surface area (Å²) in [4.78, 5) is 52.4. The van der Waals surface area contributed by atoms with Crippen LogP contribution < -0.4 is 10.2 Å². The quantitative estimate of drug-likeness (QED) is 0.348. The minimum atomic E-state index is -0.759. The van der Waals surface area contributed by atoms with Gasteiger partial charge >= 0.3 is 5.97 Å². The van der Waals surface area contributed by atoms with E-state index >= 15 is 0 Å². The molecule has 6 atom stereocenters. The lowest BCUT2D eigenvalue weighted by Gasteiger charge is -2.28. The van der Waals surface area contributed by atoms with Crippen molar-refractivity contribution in [3.8, 4) is 0 Å². The van der Waals surface area contributed by atoms with E-state index < -0.39 is 30.3 Å². The summed E-state index contributed by atoms with van der Waals surface area (Å²) in [6.07, 6.45) is 0.673. The Morgan fingerprint density at radius 2 is 1.66 bits per heavy atom. The number of nitrogens with zero attached hydrogens (tertiary/aromatic N) is 1. The first-order valence-electron chi connectivity index (χ1n) is 11.2. The first-order chi connectivity index (χ1) is 16.7. The number of ether oxygens (including phenoxy) is 1. The number of benzene rings is 2. The number of halogens is 3. The van der Waals surface area contributed by atoms with Crippen molar-refractivity contribution in [3.05, 3.63) is 58.6 Å². The minimum Gasteiger partial charge on any atom is -0.452 e. The Kier molecular flexibility index (Phi) is 6.28. The molecule has 2 aromatic rings. The van der Waals surface area contributed by atoms with E-state index in [0.717, 1.165) is 4.90 Å². The van der Waals surface area contributed by atoms with E-state index in [2.05, 4.69) is 5.32 Å². The largest absolute Gasteiger partial charge is 0.452 e. The fraction of sp³-hybridized carbons (Fsp3) is 0.360. The molecule has 35 heavy (non-hydrogen) atoms. The zero-order chi connectivity index (χ0) is 25.0. The van der Waals surface area contributed by atoms with Gasteiger partial charge in [-0.1, -0.05) is 23.7 Å². The van der Waals surface area contributed by atoms with Gasteiger partial charge in [-0.15, -0.1) is 23.2 Å². The topological polar surface area (TPSA) is 92.8 Å². The highest BCUT2D eigenvalue weighted by molar-refractivity contribution is 6.32. The third-order valence-electron chi connectivity index (χ3n) is 7.20. The number of hydrogen-bond acceptors (Lipinski definition) is 5. The number of alkyl halides is 2. The van der Waals surface area contributed by atoms with Gasteiger partial charge in [-0.3, -0.25) is 19.3 Å². The number of amides is 3. The van der Waals surface area contributed by atoms with Crippen LogP contribution in [0.3, 0.4) is 0 Å². The second-order valence-electron chi connectivity index (χ2n) is 9.10. The first-order valence-corrected chi connectivity index (χ1v) is 12.4. The van der Waals surface area contributed by atoms with Crippen molar-refractivity contribution in [3.63, 3.8) is 0 Å². The molecule has 2 saturated carbocycles. The fourth-order valence-corrected chi connectivity index (χ4v) is 6.59. The molecule has 2 bridgehead atoms. The summed E-state index contributed by atoms with van der Waals surface area (Å²) in [5, 5.41) is 2.46. The molecule has 2 aliphatic carbocycles. The number of anilines is 2. The van der Waals surface area contributed by atoms with Gasteiger partial charge in [-0.2, -0.15) is 0 Å². The molecular formula is C25H21Cl3N2O5. The number of rotatable bonds is 5. The predicted octanol–water partition coefficient (Wildman–Crippen LogP) is 4.41. The maximum Gasteiger partial charge on any atom is 0.338 e. The summed E-state index contributed by atoms with van der Waals surface area (Å²) in [6, 6.07) is 11.1. The number of esters is 1. The number of hydrogen-bond donors (Lipinski definition) is 1. The van der Waals surface area contributed by atoms with Gasteiger partial charge in [-0.25, -0.2) is 4.79 Å². The van der Waals surface area contributed by atoms with Gasteiger partial charge in [-0.05, 0) is 61.1 Å². The van der Waals surface area contributed by atoms with Crippen LogP contribution >= 0.6 is 34.8 Å². The molecule has 1 aliphatic heterocycles. The van der Waals surface area contributed by atoms with Crippen molar-refractivity contribution in [1.82, 2.24) is 0 Å². The summed E-state index contributed by atoms with van der Waals surface area (Å²) < 4.78 is 5.14. The molecule has 3 amide bonds. The van der Waals surface area contributed by atoms with E-state index in [1.165, 1.54) is 12.1 Å². The zero-order valence-electron chi connectivity index (χ0n) is 18.5. The van der Waals surface area contributed by atoms with Crippen LogP contribution in [0.2, 0.25) is 5.02 Å². The normalized spacial score (nSPS) is 28.9. The molecule has 7 nitrogen and oxygen atoms in total. The zero-order valence-corrected chi connectivity index (χ0v) is 20.8. The third kappa shape index (κ3) is 3.99. The number of carbonyl (C=O) groups excluding carboxylic acids is 4. The van der Waals surface area contributed by atoms with Crippen LogP contribution in [0.15, 0.2) is 42.5 Å². The maximum absolute atomic E-state index is 13.2. The Morgan fingerprint density at radius 1 is 1.03 bits per heavy atom. The second kappa shape index (κ2) is 9.12. The maximum atomic E-state index is 13.2. The van der Waals surface area contributed by atoms with Gasteiger partial charge in [0.05, 0.1) is 33.8 Å². The molecule has 1 N–H and O–H groups in total. The second-order valence-corrected chi connectivity index (χ2v) is 10.5. The van der Waals surface area contributed by atoms with Crippen molar-refractivity contribution in [1.29, 1.82) is 0 Å². The molecule has 3 fully saturated rings. The Balaban J connectivity index is 1.27. The predicted molar refractivity (Wildman–Crippen MR) is 132 cm³/mol. The van der Waals surface area contributed by atoms with Gasteiger partial charge in [0.25, 0.3) is 5.91 Å². The van der Waals surface area contributed by atoms with Crippen molar-refractivity contribution >= 4 is 69.9 Å². The highest BCUT2D eigenvalue weighted by atomic mass is 35.5. The molecule has 0 unspecified atom stereocenters. The van der Waals surface area contributed by atoms with Crippen molar-refractivity contribution < 1.29 is 23.9 Å². The van der Waals surface area contributed by atoms with Gasteiger partial charge in [0.2, 0.25) is 11.8 Å². The Morgan fingerprint density at radius 3 is 2.31 bits per heavy atom. The summed E-state index contributed by atoms with van der Waals surface area (Å²) in [6.45, 7) is 1.24. The van der Waals surface area contributed by atoms with Crippen LogP contribution in [-0.2, 0) is 19.1 Å². The van der Waals surface area contributed by atoms with Gasteiger partial charge in [0.15, 0.2) is 6.61 Å². The summed E-state index contributed by atoms with van der Waals surface area (Å²) >= 11 is 18.9. The van der Waals surface area contributed by atoms with Crippen LogP contribution in [0, 0.1) is 30.6 Å². The average molecular weight is 536 g/mol. The minimum absolute atomic E-state index is 0.111. The van der Waals surface area contributed by atoms with E-state index in [-0.39, 0.29) is 45.7 Å². The third-order valence-corrected chi connectivity index (χ3v) is 8.93. The van der Waals surface area contributed by atoms with E-state index in [1.54, 1.807) is 37.3 Å². The molecule has 182 valence electrons. The Labute approximate surface area is 216 Å². The van der Waals surface area contributed by atoms with Gasteiger partial charge in [0, 0.05) is 10.7 Å². The average Bonchev–Trinajstić information content (AvgIpc) is 3.45. The molecule has 10 heteroatoms. The van der Waals surface area contributed by atoms with Gasteiger partial charge in [0.1, 0.15) is 0 Å². The summed E-state index contributed by atoms with van der Waals surface area (Å²) in [7, 11) is 0. The van der Waals surface area contributed by atoms with Crippen molar-refractivity contribution in [2.45, 2.75) is 24.1 Å². The molecular weight excluding hydrogens is 515 g/mol. The Hall–Kier alpha value is -2.61. The number of carbonyl (C=O) groups is 4. The molecule has 0 spiro atoms. The van der Waals surface area contributed by atoms with E-state index in [1.807, 2.05) is 0 Å². The lowest BCUT2D eigenvalue weighted by atomic mass is 9.80. The standard InChI is InChI=1S/C25H21Cl3N2O5/c1-11-16(26)6-3-7-17(11)29-18(31)10-35-25(34)12-4-2-5-13(8-12)30-23(32)19-14-9-15(20(19)24(30)33)22(28)21(14)27/h2-8,14-15,19-22H,9-10H2,1H3,(H,29,31)/t14-,15-,19-,20-,21+,22+/m1/s1. The van der Waals surface area contributed by atoms with E-state index in [9.17, 15) is 19.2 Å². The highest BCUT2D eigenvalue weighted by Crippen LogP contribution is 2.59. The monoisotopic (exact) mass is 534 g/mol. The highest BCUT2D eigenvalue weighted by Gasteiger charge is 2.66. The van der Waals surface area contributed by atoms with E-state index in [4.69, 9.17) is 39.5 Å². The molecule has 3 aliphatic rings. The van der Waals surface area contributed by atoms with Crippen LogP contribution in [0.5, 0.6) is 0 Å². The number of nitrogens with one attached hydrogen (secondary N) is 1. The molecule has 2 aromatic carbocycles. The smallest absolute Gasteiger partial charge is 0.338 e. The van der Waals surface area contributed by atoms with Crippen LogP contribution in [0.4, 0.5) is 11.4 Å². The molecule has 5 rings (SSSR count). The molecule has 0 aromatic heterocycles. The van der Waals surface area contributed by atoms with Crippen LogP contribution in [-0.4, -0.2) is 41.1 Å². The lowest BCUT2D eigenvalue weighted by Crippen LogP contribution is -2.37.